The smallest absolute Gasteiger partial charge is 0.343 e. The van der Waals surface area contributed by atoms with Gasteiger partial charge in [0.25, 0.3) is 5.69 Å². The Kier molecular flexibility index (Phi) is 4.21. The fourth-order valence-corrected chi connectivity index (χ4v) is 1.87. The van der Waals surface area contributed by atoms with Gasteiger partial charge in [-0.05, 0) is 13.0 Å². The van der Waals surface area contributed by atoms with Crippen LogP contribution in [0.15, 0.2) is 24.4 Å². The van der Waals surface area contributed by atoms with Gasteiger partial charge in [-0.15, -0.1) is 0 Å². The number of nitrogens with two attached hydrogens (primary N) is 1. The Bertz CT molecular complexity index is 799. The maximum absolute atomic E-state index is 11.7. The second kappa shape index (κ2) is 6.09. The third-order valence-electron chi connectivity index (χ3n) is 2.90. The molecule has 1 aromatic carbocycles. The van der Waals surface area contributed by atoms with Gasteiger partial charge in [0.05, 0.1) is 28.7 Å². The van der Waals surface area contributed by atoms with E-state index in [1.807, 2.05) is 0 Å². The number of hydrogen-bond donors (Lipinski definition) is 1. The van der Waals surface area contributed by atoms with Crippen molar-refractivity contribution in [2.75, 3.05) is 12.3 Å². The van der Waals surface area contributed by atoms with Gasteiger partial charge < -0.3 is 10.5 Å². The van der Waals surface area contributed by atoms with Gasteiger partial charge in [-0.1, -0.05) is 0 Å². The molecule has 2 rings (SSSR count). The highest BCUT2D eigenvalue weighted by molar-refractivity contribution is 5.94. The third kappa shape index (κ3) is 2.92. The zero-order chi connectivity index (χ0) is 17.1. The summed E-state index contributed by atoms with van der Waals surface area (Å²) < 4.78 is 5.74. The first-order chi connectivity index (χ1) is 10.9. The number of ether oxygens (including phenoxy) is 1. The summed E-state index contributed by atoms with van der Waals surface area (Å²) in [6.07, 6.45) is 1.11. The molecule has 0 atom stereocenters. The molecule has 0 aliphatic carbocycles. The minimum atomic E-state index is -0.798. The van der Waals surface area contributed by atoms with Crippen LogP contribution in [0.3, 0.4) is 0 Å². The number of anilines is 1. The van der Waals surface area contributed by atoms with Gasteiger partial charge in [0, 0.05) is 6.07 Å². The number of non-ortho nitro benzene ring substituents is 1. The van der Waals surface area contributed by atoms with Crippen molar-refractivity contribution in [2.45, 2.75) is 6.92 Å². The van der Waals surface area contributed by atoms with Crippen LogP contribution in [0.5, 0.6) is 0 Å². The van der Waals surface area contributed by atoms with E-state index in [0.29, 0.717) is 0 Å². The molecular weight excluding hydrogens is 310 g/mol. The quantitative estimate of drug-likeness (QED) is 0.492. The van der Waals surface area contributed by atoms with E-state index < -0.39 is 27.2 Å². The molecule has 11 nitrogen and oxygen atoms in total. The summed E-state index contributed by atoms with van der Waals surface area (Å²) in [6, 6.07) is 3.00. The van der Waals surface area contributed by atoms with Crippen molar-refractivity contribution >= 4 is 23.2 Å². The molecule has 1 heterocycles. The van der Waals surface area contributed by atoms with Crippen LogP contribution in [0.1, 0.15) is 17.3 Å². The van der Waals surface area contributed by atoms with Gasteiger partial charge in [-0.3, -0.25) is 20.2 Å². The van der Waals surface area contributed by atoms with Crippen molar-refractivity contribution in [2.24, 2.45) is 0 Å². The number of nitro benzene ring substituents is 2. The number of hydrogen-bond acceptors (Lipinski definition) is 8. The van der Waals surface area contributed by atoms with Gasteiger partial charge in [0.15, 0.2) is 0 Å². The Morgan fingerprint density at radius 2 is 2.04 bits per heavy atom. The first-order valence-electron chi connectivity index (χ1n) is 6.30. The number of carbonyl (C=O) groups excluding carboxylic acids is 1. The molecule has 0 aliphatic rings. The van der Waals surface area contributed by atoms with Crippen molar-refractivity contribution in [3.63, 3.8) is 0 Å². The van der Waals surface area contributed by atoms with Crippen LogP contribution in [0.25, 0.3) is 5.69 Å². The van der Waals surface area contributed by atoms with E-state index in [1.165, 1.54) is 0 Å². The van der Waals surface area contributed by atoms with Gasteiger partial charge in [-0.2, -0.15) is 5.10 Å². The molecule has 0 saturated carbocycles. The molecule has 0 saturated heterocycles. The number of carbonyl (C=O) groups is 1. The van der Waals surface area contributed by atoms with E-state index in [-0.39, 0.29) is 23.7 Å². The van der Waals surface area contributed by atoms with E-state index in [4.69, 9.17) is 10.5 Å². The monoisotopic (exact) mass is 321 g/mol. The Balaban J connectivity index is 2.57. The number of rotatable bonds is 5. The number of esters is 1. The van der Waals surface area contributed by atoms with Crippen molar-refractivity contribution in [3.8, 4) is 5.69 Å². The van der Waals surface area contributed by atoms with Crippen molar-refractivity contribution in [1.29, 1.82) is 0 Å². The molecular formula is C12H11N5O6. The highest BCUT2D eigenvalue weighted by Crippen LogP contribution is 2.29. The van der Waals surface area contributed by atoms with Gasteiger partial charge in [-0.25, -0.2) is 9.48 Å². The Morgan fingerprint density at radius 1 is 1.35 bits per heavy atom. The normalized spacial score (nSPS) is 10.3. The predicted octanol–water partition coefficient (Wildman–Crippen LogP) is 1.45. The van der Waals surface area contributed by atoms with E-state index in [9.17, 15) is 25.0 Å². The van der Waals surface area contributed by atoms with Gasteiger partial charge in [0.1, 0.15) is 17.1 Å². The molecule has 2 N–H and O–H groups in total. The van der Waals surface area contributed by atoms with Crippen molar-refractivity contribution in [1.82, 2.24) is 9.78 Å². The van der Waals surface area contributed by atoms with Crippen LogP contribution in [0.4, 0.5) is 17.2 Å². The number of aromatic nitrogens is 2. The highest BCUT2D eigenvalue weighted by Gasteiger charge is 2.25. The molecule has 0 radical (unpaired) electrons. The van der Waals surface area contributed by atoms with Crippen LogP contribution in [-0.4, -0.2) is 32.2 Å². The fourth-order valence-electron chi connectivity index (χ4n) is 1.87. The zero-order valence-corrected chi connectivity index (χ0v) is 11.8. The van der Waals surface area contributed by atoms with Gasteiger partial charge in [0.2, 0.25) is 0 Å². The highest BCUT2D eigenvalue weighted by atomic mass is 16.6. The minimum Gasteiger partial charge on any atom is -0.462 e. The predicted molar refractivity (Wildman–Crippen MR) is 77.2 cm³/mol. The summed E-state index contributed by atoms with van der Waals surface area (Å²) in [5.74, 6) is -0.888. The molecule has 0 fully saturated rings. The largest absolute Gasteiger partial charge is 0.462 e. The minimum absolute atomic E-state index is 0.0560. The lowest BCUT2D eigenvalue weighted by molar-refractivity contribution is -0.394. The molecule has 0 aliphatic heterocycles. The Hall–Kier alpha value is -3.50. The topological polar surface area (TPSA) is 156 Å². The summed E-state index contributed by atoms with van der Waals surface area (Å²) in [4.78, 5) is 32.0. The molecule has 0 bridgehead atoms. The van der Waals surface area contributed by atoms with Crippen LogP contribution >= 0.6 is 0 Å². The first-order valence-corrected chi connectivity index (χ1v) is 6.30. The van der Waals surface area contributed by atoms with E-state index in [0.717, 1.165) is 29.1 Å². The lowest BCUT2D eigenvalue weighted by Crippen LogP contribution is -2.10. The maximum Gasteiger partial charge on any atom is 0.343 e. The van der Waals surface area contributed by atoms with E-state index in [1.54, 1.807) is 6.92 Å². The molecule has 0 amide bonds. The SMILES string of the molecule is CCOC(=O)c1cnn(-c2ccc([N+](=O)[O-])cc2[N+](=O)[O-])c1N. The number of nitrogens with zero attached hydrogens (tertiary/aromatic N) is 4. The maximum atomic E-state index is 11.7. The summed E-state index contributed by atoms with van der Waals surface area (Å²) >= 11 is 0. The summed E-state index contributed by atoms with van der Waals surface area (Å²) in [6.45, 7) is 1.74. The lowest BCUT2D eigenvalue weighted by Gasteiger charge is -2.06. The number of benzene rings is 1. The van der Waals surface area contributed by atoms with Crippen molar-refractivity contribution < 1.29 is 19.4 Å². The van der Waals surface area contributed by atoms with Crippen LogP contribution in [0, 0.1) is 20.2 Å². The summed E-state index contributed by atoms with van der Waals surface area (Å²) in [5.41, 5.74) is 4.60. The molecule has 120 valence electrons. The number of nitro groups is 2. The average molecular weight is 321 g/mol. The second-order valence-electron chi connectivity index (χ2n) is 4.26. The fraction of sp³-hybridized carbons (Fsp3) is 0.167. The standard InChI is InChI=1S/C12H11N5O6/c1-2-23-12(18)8-6-14-15(11(8)13)9-4-3-7(16(19)20)5-10(9)17(21)22/h3-6H,2,13H2,1H3. The molecule has 0 unspecified atom stereocenters. The molecule has 11 heteroatoms. The second-order valence-corrected chi connectivity index (χ2v) is 4.26. The van der Waals surface area contributed by atoms with Crippen LogP contribution < -0.4 is 5.73 Å². The molecule has 2 aromatic rings. The third-order valence-corrected chi connectivity index (χ3v) is 2.90. The Morgan fingerprint density at radius 3 is 2.61 bits per heavy atom. The zero-order valence-electron chi connectivity index (χ0n) is 11.8. The first kappa shape index (κ1) is 15.9. The van der Waals surface area contributed by atoms with Crippen LogP contribution in [0.2, 0.25) is 0 Å². The molecule has 0 spiro atoms. The van der Waals surface area contributed by atoms with E-state index in [2.05, 4.69) is 5.10 Å². The average Bonchev–Trinajstić information content (AvgIpc) is 2.88. The molecule has 23 heavy (non-hydrogen) atoms. The van der Waals surface area contributed by atoms with Crippen LogP contribution in [-0.2, 0) is 4.74 Å². The summed E-state index contributed by atoms with van der Waals surface area (Å²) in [5, 5.41) is 25.7. The van der Waals surface area contributed by atoms with E-state index >= 15 is 0 Å². The Labute approximate surface area is 128 Å². The van der Waals surface area contributed by atoms with Crippen molar-refractivity contribution in [3.05, 3.63) is 50.2 Å². The van der Waals surface area contributed by atoms with Gasteiger partial charge >= 0.3 is 11.7 Å². The lowest BCUT2D eigenvalue weighted by atomic mass is 10.2. The molecule has 1 aromatic heterocycles. The summed E-state index contributed by atoms with van der Waals surface area (Å²) in [7, 11) is 0. The number of nitrogen functional groups attached to an aromatic ring is 1.